The number of unbranched alkanes of at least 4 members (excludes halogenated alkanes) is 2. The molecule has 0 saturated carbocycles. The van der Waals surface area contributed by atoms with Crippen LogP contribution in [-0.2, 0) is 4.79 Å². The van der Waals surface area contributed by atoms with Crippen LogP contribution >= 0.6 is 0 Å². The third kappa shape index (κ3) is 4.80. The first kappa shape index (κ1) is 23.4. The van der Waals surface area contributed by atoms with Crippen molar-refractivity contribution in [2.24, 2.45) is 16.6 Å². The number of benzene rings is 1. The molecule has 1 saturated heterocycles. The molecule has 0 spiro atoms. The van der Waals surface area contributed by atoms with E-state index in [4.69, 9.17) is 20.2 Å². The molecule has 8 nitrogen and oxygen atoms in total. The van der Waals surface area contributed by atoms with Gasteiger partial charge in [0.15, 0.2) is 17.5 Å². The maximum absolute atomic E-state index is 13.4. The summed E-state index contributed by atoms with van der Waals surface area (Å²) in [5, 5.41) is 0. The minimum atomic E-state index is -0.674. The van der Waals surface area contributed by atoms with E-state index in [1.165, 1.54) is 0 Å². The highest BCUT2D eigenvalue weighted by Gasteiger charge is 2.47. The Hall–Kier alpha value is -2.77. The standard InChI is InChI=1S/C25H36N4O4/c1-3-5-11-25(12-6-4-2)23(31)29(24(26)27-25)16-18-9-13-28(14-10-18)22(30)19-7-8-20-21(15-19)33-17-32-20/h7-8,15,18H,3-6,9-14,16-17H2,1-2H3,(H2,26,27). The highest BCUT2D eigenvalue weighted by atomic mass is 16.7. The molecule has 3 aliphatic heterocycles. The molecule has 0 atom stereocenters. The zero-order chi connectivity index (χ0) is 23.4. The molecule has 0 radical (unpaired) electrons. The number of fused-ring (bicyclic) bond motifs is 1. The van der Waals surface area contributed by atoms with E-state index in [2.05, 4.69) is 13.8 Å². The highest BCUT2D eigenvalue weighted by Crippen LogP contribution is 2.35. The normalized spacial score (nSPS) is 19.8. The number of nitrogens with two attached hydrogens (primary N) is 1. The molecule has 2 N–H and O–H groups in total. The Kier molecular flexibility index (Phi) is 7.10. The minimum Gasteiger partial charge on any atom is -0.454 e. The van der Waals surface area contributed by atoms with Crippen molar-refractivity contribution in [2.75, 3.05) is 26.4 Å². The topological polar surface area (TPSA) is 97.5 Å². The zero-order valence-corrected chi connectivity index (χ0v) is 19.8. The average Bonchev–Trinajstić information content (AvgIpc) is 3.39. The largest absolute Gasteiger partial charge is 0.454 e. The van der Waals surface area contributed by atoms with Crippen LogP contribution in [0.25, 0.3) is 0 Å². The Morgan fingerprint density at radius 3 is 2.45 bits per heavy atom. The van der Waals surface area contributed by atoms with Crippen LogP contribution in [0, 0.1) is 5.92 Å². The van der Waals surface area contributed by atoms with Gasteiger partial charge in [0.05, 0.1) is 0 Å². The predicted octanol–water partition coefficient (Wildman–Crippen LogP) is 3.54. The molecule has 8 heteroatoms. The van der Waals surface area contributed by atoms with Crippen LogP contribution in [-0.4, -0.2) is 59.5 Å². The second-order valence-corrected chi connectivity index (χ2v) is 9.43. The molecular weight excluding hydrogens is 420 g/mol. The summed E-state index contributed by atoms with van der Waals surface area (Å²) in [6.07, 6.45) is 7.22. The molecule has 0 aliphatic carbocycles. The van der Waals surface area contributed by atoms with Gasteiger partial charge in [-0.05, 0) is 49.8 Å². The summed E-state index contributed by atoms with van der Waals surface area (Å²) in [7, 11) is 0. The van der Waals surface area contributed by atoms with Crippen molar-refractivity contribution in [3.8, 4) is 11.5 Å². The van der Waals surface area contributed by atoms with E-state index in [1.54, 1.807) is 23.1 Å². The fraction of sp³-hybridized carbons (Fsp3) is 0.640. The number of carbonyl (C=O) groups excluding carboxylic acids is 2. The molecule has 3 heterocycles. The number of ether oxygens (including phenoxy) is 2. The van der Waals surface area contributed by atoms with Crippen molar-refractivity contribution in [1.29, 1.82) is 0 Å². The van der Waals surface area contributed by atoms with Crippen LogP contribution in [0.15, 0.2) is 23.2 Å². The van der Waals surface area contributed by atoms with E-state index in [9.17, 15) is 9.59 Å². The zero-order valence-electron chi connectivity index (χ0n) is 19.8. The molecule has 4 rings (SSSR count). The number of hydrogen-bond donors (Lipinski definition) is 1. The van der Waals surface area contributed by atoms with Gasteiger partial charge in [0.1, 0.15) is 5.54 Å². The van der Waals surface area contributed by atoms with Crippen LogP contribution in [0.1, 0.15) is 75.6 Å². The van der Waals surface area contributed by atoms with E-state index in [0.29, 0.717) is 48.6 Å². The van der Waals surface area contributed by atoms with Gasteiger partial charge in [-0.2, -0.15) is 0 Å². The molecule has 1 aromatic carbocycles. The van der Waals surface area contributed by atoms with Crippen LogP contribution in [0.5, 0.6) is 11.5 Å². The number of aliphatic imine (C=N–C) groups is 1. The van der Waals surface area contributed by atoms with Gasteiger partial charge in [-0.25, -0.2) is 4.99 Å². The molecule has 180 valence electrons. The third-order valence-corrected chi connectivity index (χ3v) is 7.10. The van der Waals surface area contributed by atoms with Gasteiger partial charge in [-0.3, -0.25) is 14.5 Å². The van der Waals surface area contributed by atoms with Crippen LogP contribution in [0.2, 0.25) is 0 Å². The Morgan fingerprint density at radius 2 is 1.79 bits per heavy atom. The van der Waals surface area contributed by atoms with Gasteiger partial charge in [0, 0.05) is 25.2 Å². The van der Waals surface area contributed by atoms with Gasteiger partial charge in [-0.1, -0.05) is 39.5 Å². The van der Waals surface area contributed by atoms with E-state index < -0.39 is 5.54 Å². The second-order valence-electron chi connectivity index (χ2n) is 9.43. The first-order chi connectivity index (χ1) is 16.0. The molecule has 0 bridgehead atoms. The minimum absolute atomic E-state index is 0.00298. The summed E-state index contributed by atoms with van der Waals surface area (Å²) < 4.78 is 10.7. The fourth-order valence-electron chi connectivity index (χ4n) is 5.04. The molecule has 3 aliphatic rings. The number of amides is 2. The predicted molar refractivity (Wildman–Crippen MR) is 126 cm³/mol. The number of guanidine groups is 1. The molecule has 0 aromatic heterocycles. The lowest BCUT2D eigenvalue weighted by atomic mass is 9.87. The molecule has 1 aromatic rings. The van der Waals surface area contributed by atoms with Gasteiger partial charge < -0.3 is 20.1 Å². The molecule has 1 fully saturated rings. The number of likely N-dealkylation sites (tertiary alicyclic amines) is 1. The Balaban J connectivity index is 1.34. The van der Waals surface area contributed by atoms with E-state index in [0.717, 1.165) is 51.4 Å². The SMILES string of the molecule is CCCCC1(CCCC)N=C(N)N(CC2CCN(C(=O)c3ccc4c(c3)OCO4)CC2)C1=O. The number of rotatable bonds is 9. The Labute approximate surface area is 196 Å². The van der Waals surface area contributed by atoms with Gasteiger partial charge in [-0.15, -0.1) is 0 Å². The van der Waals surface area contributed by atoms with Crippen molar-refractivity contribution in [3.05, 3.63) is 23.8 Å². The summed E-state index contributed by atoms with van der Waals surface area (Å²) in [5.74, 6) is 2.04. The van der Waals surface area contributed by atoms with Crippen molar-refractivity contribution < 1.29 is 19.1 Å². The lowest BCUT2D eigenvalue weighted by molar-refractivity contribution is -0.132. The first-order valence-electron chi connectivity index (χ1n) is 12.3. The van der Waals surface area contributed by atoms with E-state index in [-0.39, 0.29) is 18.6 Å². The molecule has 0 unspecified atom stereocenters. The Morgan fingerprint density at radius 1 is 1.12 bits per heavy atom. The van der Waals surface area contributed by atoms with Gasteiger partial charge in [0.25, 0.3) is 11.8 Å². The lowest BCUT2D eigenvalue weighted by Gasteiger charge is -2.34. The fourth-order valence-corrected chi connectivity index (χ4v) is 5.04. The maximum atomic E-state index is 13.4. The maximum Gasteiger partial charge on any atom is 0.257 e. The second kappa shape index (κ2) is 10.0. The van der Waals surface area contributed by atoms with Crippen molar-refractivity contribution in [1.82, 2.24) is 9.80 Å². The van der Waals surface area contributed by atoms with Crippen LogP contribution in [0.3, 0.4) is 0 Å². The summed E-state index contributed by atoms with van der Waals surface area (Å²) in [6.45, 7) is 6.37. The smallest absolute Gasteiger partial charge is 0.257 e. The number of carbonyl (C=O) groups is 2. The number of nitrogens with zero attached hydrogens (tertiary/aromatic N) is 3. The summed E-state index contributed by atoms with van der Waals surface area (Å²) in [6, 6.07) is 5.32. The van der Waals surface area contributed by atoms with Crippen molar-refractivity contribution in [2.45, 2.75) is 70.8 Å². The molecule has 2 amide bonds. The third-order valence-electron chi connectivity index (χ3n) is 7.10. The summed E-state index contributed by atoms with van der Waals surface area (Å²) >= 11 is 0. The number of piperidine rings is 1. The number of hydrogen-bond acceptors (Lipinski definition) is 6. The monoisotopic (exact) mass is 456 g/mol. The molecular formula is C25H36N4O4. The Bertz CT molecular complexity index is 900. The highest BCUT2D eigenvalue weighted by molar-refractivity contribution is 6.06. The average molecular weight is 457 g/mol. The summed E-state index contributed by atoms with van der Waals surface area (Å²) in [4.78, 5) is 34.7. The van der Waals surface area contributed by atoms with Gasteiger partial charge in [0.2, 0.25) is 6.79 Å². The van der Waals surface area contributed by atoms with Crippen LogP contribution < -0.4 is 15.2 Å². The summed E-state index contributed by atoms with van der Waals surface area (Å²) in [5.41, 5.74) is 6.21. The van der Waals surface area contributed by atoms with Crippen molar-refractivity contribution in [3.63, 3.8) is 0 Å². The quantitative estimate of drug-likeness (QED) is 0.613. The van der Waals surface area contributed by atoms with Crippen molar-refractivity contribution >= 4 is 17.8 Å². The molecule has 33 heavy (non-hydrogen) atoms. The van der Waals surface area contributed by atoms with Gasteiger partial charge >= 0.3 is 0 Å². The first-order valence-corrected chi connectivity index (χ1v) is 12.3. The van der Waals surface area contributed by atoms with E-state index in [1.807, 2.05) is 4.90 Å². The van der Waals surface area contributed by atoms with Crippen LogP contribution in [0.4, 0.5) is 0 Å². The van der Waals surface area contributed by atoms with E-state index >= 15 is 0 Å². The lowest BCUT2D eigenvalue weighted by Crippen LogP contribution is -2.48.